The molecule has 2 N–H and O–H groups in total. The van der Waals surface area contributed by atoms with Gasteiger partial charge in [-0.1, -0.05) is 12.1 Å². The average Bonchev–Trinajstić information content (AvgIpc) is 3.24. The van der Waals surface area contributed by atoms with Crippen molar-refractivity contribution in [1.29, 1.82) is 5.26 Å². The number of nitrogens with one attached hydrogen (secondary N) is 2. The summed E-state index contributed by atoms with van der Waals surface area (Å²) < 4.78 is 25.3. The molecule has 0 fully saturated rings. The predicted molar refractivity (Wildman–Crippen MR) is 120 cm³/mol. The van der Waals surface area contributed by atoms with Gasteiger partial charge >= 0.3 is 0 Å². The van der Waals surface area contributed by atoms with E-state index in [0.29, 0.717) is 18.5 Å². The molecule has 1 heterocycles. The zero-order valence-corrected chi connectivity index (χ0v) is 18.6. The maximum atomic E-state index is 12.6. The molecule has 1 aromatic heterocycles. The fourth-order valence-electron chi connectivity index (χ4n) is 3.52. The van der Waals surface area contributed by atoms with Crippen LogP contribution in [0.1, 0.15) is 59.5 Å². The number of nitriles is 1. The lowest BCUT2D eigenvalue weighted by molar-refractivity contribution is 0.101. The molecule has 31 heavy (non-hydrogen) atoms. The number of rotatable bonds is 8. The monoisotopic (exact) mass is 441 g/mol. The second-order valence-electron chi connectivity index (χ2n) is 7.77. The molecule has 1 aromatic carbocycles. The molecule has 0 aliphatic heterocycles. The summed E-state index contributed by atoms with van der Waals surface area (Å²) in [5.74, 6) is -0.238. The van der Waals surface area contributed by atoms with Gasteiger partial charge in [-0.2, -0.15) is 5.26 Å². The van der Waals surface area contributed by atoms with Crippen molar-refractivity contribution in [2.75, 3.05) is 25.2 Å². The third-order valence-electron chi connectivity index (χ3n) is 5.30. The van der Waals surface area contributed by atoms with Gasteiger partial charge in [-0.05, 0) is 61.8 Å². The quantitative estimate of drug-likeness (QED) is 0.651. The first-order valence-corrected chi connectivity index (χ1v) is 11.9. The van der Waals surface area contributed by atoms with Gasteiger partial charge in [0.1, 0.15) is 11.8 Å². The number of aromatic nitrogens is 2. The Hall–Kier alpha value is -2.96. The molecular weight excluding hydrogens is 414 g/mol. The lowest BCUT2D eigenvalue weighted by Gasteiger charge is -2.18. The highest BCUT2D eigenvalue weighted by Gasteiger charge is 2.17. The van der Waals surface area contributed by atoms with Gasteiger partial charge in [0.15, 0.2) is 5.82 Å². The van der Waals surface area contributed by atoms with Crippen molar-refractivity contribution < 1.29 is 13.2 Å². The Morgan fingerprint density at radius 2 is 2.13 bits per heavy atom. The molecule has 0 unspecified atom stereocenters. The van der Waals surface area contributed by atoms with Crippen LogP contribution in [0.3, 0.4) is 0 Å². The molecule has 0 spiro atoms. The average molecular weight is 442 g/mol. The van der Waals surface area contributed by atoms with Crippen molar-refractivity contribution >= 4 is 27.2 Å². The molecule has 0 radical (unpaired) electrons. The van der Waals surface area contributed by atoms with Gasteiger partial charge in [-0.3, -0.25) is 4.79 Å². The molecule has 1 amide bonds. The highest BCUT2D eigenvalue weighted by atomic mass is 32.2. The van der Waals surface area contributed by atoms with E-state index < -0.39 is 15.9 Å². The summed E-state index contributed by atoms with van der Waals surface area (Å²) in [6, 6.07) is 7.72. The minimum Gasteiger partial charge on any atom is -0.326 e. The molecular formula is C22H27N5O3S. The molecule has 0 saturated heterocycles. The number of carbonyl (C=O) groups is 1. The van der Waals surface area contributed by atoms with E-state index in [0.717, 1.165) is 36.8 Å². The Morgan fingerprint density at radius 1 is 1.32 bits per heavy atom. The molecule has 3 rings (SSSR count). The topological polar surface area (TPSA) is 119 Å². The first kappa shape index (κ1) is 22.7. The molecule has 1 aliphatic carbocycles. The lowest BCUT2D eigenvalue weighted by Crippen LogP contribution is -2.25. The van der Waals surface area contributed by atoms with Gasteiger partial charge in [0, 0.05) is 25.3 Å². The van der Waals surface area contributed by atoms with Crippen LogP contribution >= 0.6 is 0 Å². The number of benzene rings is 1. The van der Waals surface area contributed by atoms with E-state index in [9.17, 15) is 13.2 Å². The number of hydrogen-bond donors (Lipinski definition) is 2. The minimum absolute atomic E-state index is 0.0816. The largest absolute Gasteiger partial charge is 0.326 e. The van der Waals surface area contributed by atoms with Crippen molar-refractivity contribution in [3.8, 4) is 6.07 Å². The summed E-state index contributed by atoms with van der Waals surface area (Å²) in [6.45, 7) is 0. The number of imidazole rings is 1. The summed E-state index contributed by atoms with van der Waals surface area (Å²) in [4.78, 5) is 19.2. The molecule has 0 bridgehead atoms. The first-order valence-electron chi connectivity index (χ1n) is 10.3. The summed E-state index contributed by atoms with van der Waals surface area (Å²) in [5, 5.41) is 11.8. The Morgan fingerprint density at radius 3 is 2.77 bits per heavy atom. The normalized spacial score (nSPS) is 14.2. The van der Waals surface area contributed by atoms with Crippen LogP contribution in [0.5, 0.6) is 0 Å². The number of nitrogens with zero attached hydrogens (tertiary/aromatic N) is 3. The number of aromatic amines is 1. The van der Waals surface area contributed by atoms with E-state index in [-0.39, 0.29) is 17.3 Å². The second-order valence-corrected chi connectivity index (χ2v) is 10.1. The Kier molecular flexibility index (Phi) is 7.25. The number of anilines is 1. The van der Waals surface area contributed by atoms with E-state index in [4.69, 9.17) is 5.26 Å². The fraction of sp³-hybridized carbons (Fsp3) is 0.409. The van der Waals surface area contributed by atoms with Gasteiger partial charge in [-0.15, -0.1) is 0 Å². The van der Waals surface area contributed by atoms with Crippen LogP contribution in [0, 0.1) is 11.3 Å². The van der Waals surface area contributed by atoms with Crippen LogP contribution in [0.25, 0.3) is 5.57 Å². The SMILES string of the molecule is CN(C)S(=O)(=O)CCCc1ccc(NC(=O)c2ncc(C#N)[nH]2)c(C2=CCCCC2)c1. The van der Waals surface area contributed by atoms with Crippen LogP contribution in [-0.2, 0) is 16.4 Å². The molecule has 1 aliphatic rings. The standard InChI is InChI=1S/C22H27N5O3S/c1-27(2)31(29,30)12-6-7-16-10-11-20(19(13-16)17-8-4-3-5-9-17)26-22(28)21-24-15-18(14-23)25-21/h8,10-11,13,15H,3-7,9,12H2,1-2H3,(H,24,25)(H,26,28). The van der Waals surface area contributed by atoms with Crippen LogP contribution in [0.2, 0.25) is 0 Å². The number of amides is 1. The van der Waals surface area contributed by atoms with Crippen LogP contribution in [-0.4, -0.2) is 48.4 Å². The maximum absolute atomic E-state index is 12.6. The molecule has 8 nitrogen and oxygen atoms in total. The number of allylic oxidation sites excluding steroid dienone is 2. The number of carbonyl (C=O) groups excluding carboxylic acids is 1. The number of aryl methyl sites for hydroxylation is 1. The second kappa shape index (κ2) is 9.90. The first-order chi connectivity index (χ1) is 14.8. The predicted octanol–water partition coefficient (Wildman–Crippen LogP) is 3.32. The minimum atomic E-state index is -3.22. The van der Waals surface area contributed by atoms with Crippen molar-refractivity contribution in [2.45, 2.75) is 38.5 Å². The fourth-order valence-corrected chi connectivity index (χ4v) is 4.39. The van der Waals surface area contributed by atoms with Gasteiger partial charge in [0.05, 0.1) is 11.9 Å². The van der Waals surface area contributed by atoms with Crippen molar-refractivity contribution in [2.24, 2.45) is 0 Å². The van der Waals surface area contributed by atoms with E-state index in [1.165, 1.54) is 16.1 Å². The van der Waals surface area contributed by atoms with Crippen LogP contribution in [0.15, 0.2) is 30.5 Å². The Balaban J connectivity index is 1.81. The van der Waals surface area contributed by atoms with Crippen molar-refractivity contribution in [3.05, 3.63) is 53.1 Å². The van der Waals surface area contributed by atoms with E-state index >= 15 is 0 Å². The molecule has 164 valence electrons. The number of hydrogen-bond acceptors (Lipinski definition) is 5. The zero-order chi connectivity index (χ0) is 22.4. The smallest absolute Gasteiger partial charge is 0.291 e. The summed E-state index contributed by atoms with van der Waals surface area (Å²) >= 11 is 0. The highest BCUT2D eigenvalue weighted by Crippen LogP contribution is 2.33. The molecule has 9 heteroatoms. The number of sulfonamides is 1. The number of H-pyrrole nitrogens is 1. The van der Waals surface area contributed by atoms with Crippen molar-refractivity contribution in [1.82, 2.24) is 14.3 Å². The van der Waals surface area contributed by atoms with Crippen molar-refractivity contribution in [3.63, 3.8) is 0 Å². The summed E-state index contributed by atoms with van der Waals surface area (Å²) in [7, 11) is -0.141. The third-order valence-corrected chi connectivity index (χ3v) is 7.22. The van der Waals surface area contributed by atoms with E-state index in [1.54, 1.807) is 14.1 Å². The summed E-state index contributed by atoms with van der Waals surface area (Å²) in [6.07, 6.45) is 8.85. The van der Waals surface area contributed by atoms with Gasteiger partial charge in [0.2, 0.25) is 10.0 Å². The molecule has 2 aromatic rings. The maximum Gasteiger partial charge on any atom is 0.291 e. The summed E-state index contributed by atoms with van der Waals surface area (Å²) in [5.41, 5.74) is 4.06. The molecule has 0 atom stereocenters. The van der Waals surface area contributed by atoms with Crippen LogP contribution < -0.4 is 5.32 Å². The van der Waals surface area contributed by atoms with Gasteiger partial charge < -0.3 is 10.3 Å². The van der Waals surface area contributed by atoms with E-state index in [1.807, 2.05) is 24.3 Å². The molecule has 0 saturated carbocycles. The zero-order valence-electron chi connectivity index (χ0n) is 17.8. The van der Waals surface area contributed by atoms with Gasteiger partial charge in [0.25, 0.3) is 5.91 Å². The Labute approximate surface area is 183 Å². The van der Waals surface area contributed by atoms with Crippen LogP contribution in [0.4, 0.5) is 5.69 Å². The van der Waals surface area contributed by atoms with Gasteiger partial charge in [-0.25, -0.2) is 17.7 Å². The lowest BCUT2D eigenvalue weighted by atomic mass is 9.91. The third kappa shape index (κ3) is 5.81. The Bertz CT molecular complexity index is 1130. The van der Waals surface area contributed by atoms with E-state index in [2.05, 4.69) is 21.4 Å². The highest BCUT2D eigenvalue weighted by molar-refractivity contribution is 7.89.